The lowest BCUT2D eigenvalue weighted by atomic mass is 9.97. The summed E-state index contributed by atoms with van der Waals surface area (Å²) in [7, 11) is 3.24. The van der Waals surface area contributed by atoms with Gasteiger partial charge in [-0.2, -0.15) is 4.80 Å². The molecular formula is C23H27N5O3. The lowest BCUT2D eigenvalue weighted by Gasteiger charge is -2.34. The maximum atomic E-state index is 13.8. The van der Waals surface area contributed by atoms with E-state index in [4.69, 9.17) is 9.47 Å². The number of rotatable bonds is 6. The summed E-state index contributed by atoms with van der Waals surface area (Å²) >= 11 is 0. The number of carbonyl (C=O) groups is 1. The molecule has 0 radical (unpaired) electrons. The van der Waals surface area contributed by atoms with E-state index in [0.717, 1.165) is 35.4 Å². The van der Waals surface area contributed by atoms with Crippen molar-refractivity contribution in [2.24, 2.45) is 5.92 Å². The van der Waals surface area contributed by atoms with E-state index >= 15 is 0 Å². The van der Waals surface area contributed by atoms with E-state index in [1.165, 1.54) is 4.80 Å². The minimum atomic E-state index is -0.576. The van der Waals surface area contributed by atoms with Gasteiger partial charge in [0, 0.05) is 29.8 Å². The molecule has 0 N–H and O–H groups in total. The maximum Gasteiger partial charge on any atom is 0.254 e. The van der Waals surface area contributed by atoms with Crippen LogP contribution in [0.4, 0.5) is 5.69 Å². The number of amides is 1. The molecular weight excluding hydrogens is 394 g/mol. The van der Waals surface area contributed by atoms with Crippen LogP contribution >= 0.6 is 0 Å². The zero-order valence-corrected chi connectivity index (χ0v) is 18.3. The second-order valence-electron chi connectivity index (χ2n) is 7.91. The van der Waals surface area contributed by atoms with E-state index in [1.807, 2.05) is 56.3 Å². The Morgan fingerprint density at radius 3 is 2.55 bits per heavy atom. The molecule has 0 bridgehead atoms. The van der Waals surface area contributed by atoms with Crippen LogP contribution in [0.15, 0.2) is 42.5 Å². The van der Waals surface area contributed by atoms with Crippen LogP contribution in [0.25, 0.3) is 11.4 Å². The predicted octanol–water partition coefficient (Wildman–Crippen LogP) is 3.53. The fourth-order valence-electron chi connectivity index (χ4n) is 4.02. The number of tetrazole rings is 1. The summed E-state index contributed by atoms with van der Waals surface area (Å²) in [6, 6.07) is 12.8. The van der Waals surface area contributed by atoms with Crippen LogP contribution < -0.4 is 14.4 Å². The number of nitrogens with zero attached hydrogens (tertiary/aromatic N) is 5. The molecule has 162 valence electrons. The number of hydrogen-bond donors (Lipinski definition) is 0. The zero-order valence-electron chi connectivity index (χ0n) is 18.3. The number of hydrogen-bond acceptors (Lipinski definition) is 6. The third kappa shape index (κ3) is 3.97. The lowest BCUT2D eigenvalue weighted by Crippen LogP contribution is -2.43. The van der Waals surface area contributed by atoms with Crippen molar-refractivity contribution >= 4 is 11.6 Å². The van der Waals surface area contributed by atoms with Gasteiger partial charge in [-0.25, -0.2) is 0 Å². The SMILES string of the molecule is COc1cc(OC)c2c(c1)N(C(=O)C(C(C)C)n1nnc(-c3ccccc3)n1)CCC2. The van der Waals surface area contributed by atoms with E-state index in [0.29, 0.717) is 18.1 Å². The highest BCUT2D eigenvalue weighted by Gasteiger charge is 2.35. The molecule has 8 nitrogen and oxygen atoms in total. The largest absolute Gasteiger partial charge is 0.497 e. The molecule has 1 amide bonds. The first-order valence-electron chi connectivity index (χ1n) is 10.4. The first-order valence-corrected chi connectivity index (χ1v) is 10.4. The Kier molecular flexibility index (Phi) is 5.88. The van der Waals surface area contributed by atoms with Crippen LogP contribution in [0, 0.1) is 5.92 Å². The number of carbonyl (C=O) groups excluding carboxylic acids is 1. The number of aromatic nitrogens is 4. The second kappa shape index (κ2) is 8.75. The van der Waals surface area contributed by atoms with Gasteiger partial charge in [-0.05, 0) is 24.0 Å². The van der Waals surface area contributed by atoms with Crippen LogP contribution in [0.2, 0.25) is 0 Å². The lowest BCUT2D eigenvalue weighted by molar-refractivity contribution is -0.123. The van der Waals surface area contributed by atoms with Crippen LogP contribution in [0.5, 0.6) is 11.5 Å². The summed E-state index contributed by atoms with van der Waals surface area (Å²) in [4.78, 5) is 17.0. The van der Waals surface area contributed by atoms with E-state index in [9.17, 15) is 4.79 Å². The van der Waals surface area contributed by atoms with Gasteiger partial charge in [0.25, 0.3) is 5.91 Å². The van der Waals surface area contributed by atoms with Crippen molar-refractivity contribution in [3.05, 3.63) is 48.0 Å². The molecule has 31 heavy (non-hydrogen) atoms. The standard InChI is InChI=1S/C23H27N5O3/c1-15(2)21(28-25-22(24-26-28)16-9-6-5-7-10-16)23(29)27-12-8-11-18-19(27)13-17(30-3)14-20(18)31-4/h5-7,9-10,13-15,21H,8,11-12H2,1-4H3. The minimum absolute atomic E-state index is 0.0248. The first-order chi connectivity index (χ1) is 15.0. The van der Waals surface area contributed by atoms with Crippen molar-refractivity contribution in [2.75, 3.05) is 25.7 Å². The van der Waals surface area contributed by atoms with Crippen molar-refractivity contribution in [1.29, 1.82) is 0 Å². The Morgan fingerprint density at radius 1 is 1.10 bits per heavy atom. The van der Waals surface area contributed by atoms with Crippen LogP contribution in [0.3, 0.4) is 0 Å². The number of anilines is 1. The number of fused-ring (bicyclic) bond motifs is 1. The van der Waals surface area contributed by atoms with Crippen molar-refractivity contribution in [2.45, 2.75) is 32.7 Å². The zero-order chi connectivity index (χ0) is 22.0. The molecule has 0 aliphatic carbocycles. The molecule has 0 saturated heterocycles. The number of benzene rings is 2. The molecule has 8 heteroatoms. The van der Waals surface area contributed by atoms with Gasteiger partial charge in [0.05, 0.1) is 19.9 Å². The van der Waals surface area contributed by atoms with Gasteiger partial charge in [-0.1, -0.05) is 44.2 Å². The molecule has 4 rings (SSSR count). The van der Waals surface area contributed by atoms with Crippen LogP contribution in [0.1, 0.15) is 31.9 Å². The highest BCUT2D eigenvalue weighted by Crippen LogP contribution is 2.39. The summed E-state index contributed by atoms with van der Waals surface area (Å²) in [5.74, 6) is 1.80. The molecule has 1 unspecified atom stereocenters. The van der Waals surface area contributed by atoms with Crippen molar-refractivity contribution in [3.8, 4) is 22.9 Å². The van der Waals surface area contributed by atoms with Gasteiger partial charge in [0.1, 0.15) is 11.5 Å². The van der Waals surface area contributed by atoms with E-state index in [-0.39, 0.29) is 11.8 Å². The Labute approximate surface area is 181 Å². The summed E-state index contributed by atoms with van der Waals surface area (Å²) in [6.07, 6.45) is 1.70. The normalized spacial score (nSPS) is 14.3. The van der Waals surface area contributed by atoms with Crippen LogP contribution in [-0.2, 0) is 11.2 Å². The van der Waals surface area contributed by atoms with E-state index in [1.54, 1.807) is 19.1 Å². The fourth-order valence-corrected chi connectivity index (χ4v) is 4.02. The molecule has 1 aliphatic rings. The fraction of sp³-hybridized carbons (Fsp3) is 0.391. The van der Waals surface area contributed by atoms with Crippen molar-refractivity contribution in [1.82, 2.24) is 20.2 Å². The topological polar surface area (TPSA) is 82.4 Å². The molecule has 0 saturated carbocycles. The van der Waals surface area contributed by atoms with Gasteiger partial charge >= 0.3 is 0 Å². The van der Waals surface area contributed by atoms with Gasteiger partial charge in [-0.15, -0.1) is 10.2 Å². The molecule has 0 fully saturated rings. The Hall–Kier alpha value is -3.42. The summed E-state index contributed by atoms with van der Waals surface area (Å²) in [5, 5.41) is 13.0. The molecule has 0 spiro atoms. The Morgan fingerprint density at radius 2 is 1.87 bits per heavy atom. The molecule has 1 aliphatic heterocycles. The van der Waals surface area contributed by atoms with Gasteiger partial charge in [0.2, 0.25) is 5.82 Å². The van der Waals surface area contributed by atoms with E-state index in [2.05, 4.69) is 15.4 Å². The molecule has 2 aromatic carbocycles. The third-order valence-corrected chi connectivity index (χ3v) is 5.57. The average molecular weight is 422 g/mol. The maximum absolute atomic E-state index is 13.8. The smallest absolute Gasteiger partial charge is 0.254 e. The van der Waals surface area contributed by atoms with E-state index < -0.39 is 6.04 Å². The third-order valence-electron chi connectivity index (χ3n) is 5.57. The molecule has 2 heterocycles. The average Bonchev–Trinajstić information content (AvgIpc) is 3.27. The number of ether oxygens (including phenoxy) is 2. The van der Waals surface area contributed by atoms with Crippen molar-refractivity contribution < 1.29 is 14.3 Å². The molecule has 3 aromatic rings. The highest BCUT2D eigenvalue weighted by molar-refractivity contribution is 5.98. The first kappa shape index (κ1) is 20.8. The predicted molar refractivity (Wildman–Crippen MR) is 117 cm³/mol. The van der Waals surface area contributed by atoms with Gasteiger partial charge in [-0.3, -0.25) is 4.79 Å². The summed E-state index contributed by atoms with van der Waals surface area (Å²) in [5.41, 5.74) is 2.70. The summed E-state index contributed by atoms with van der Waals surface area (Å²) < 4.78 is 11.0. The second-order valence-corrected chi connectivity index (χ2v) is 7.91. The Bertz CT molecular complexity index is 1060. The monoisotopic (exact) mass is 421 g/mol. The van der Waals surface area contributed by atoms with Gasteiger partial charge in [0.15, 0.2) is 6.04 Å². The van der Waals surface area contributed by atoms with Crippen LogP contribution in [-0.4, -0.2) is 46.9 Å². The molecule has 1 aromatic heterocycles. The quantitative estimate of drug-likeness (QED) is 0.606. The van der Waals surface area contributed by atoms with Crippen molar-refractivity contribution in [3.63, 3.8) is 0 Å². The minimum Gasteiger partial charge on any atom is -0.497 e. The number of methoxy groups -OCH3 is 2. The Balaban J connectivity index is 1.71. The van der Waals surface area contributed by atoms with Gasteiger partial charge < -0.3 is 14.4 Å². The highest BCUT2D eigenvalue weighted by atomic mass is 16.5. The summed E-state index contributed by atoms with van der Waals surface area (Å²) in [6.45, 7) is 4.60. The molecule has 1 atom stereocenters.